The lowest BCUT2D eigenvalue weighted by atomic mass is 10.1. The molecule has 2 N–H and O–H groups in total. The molecule has 0 spiro atoms. The van der Waals surface area contributed by atoms with Crippen molar-refractivity contribution in [3.63, 3.8) is 0 Å². The molecule has 1 aliphatic heterocycles. The summed E-state index contributed by atoms with van der Waals surface area (Å²) in [6.45, 7) is 3.43. The molecule has 0 aromatic heterocycles. The van der Waals surface area contributed by atoms with E-state index in [0.29, 0.717) is 26.2 Å². The zero-order valence-electron chi connectivity index (χ0n) is 10.8. The lowest BCUT2D eigenvalue weighted by Gasteiger charge is -2.36. The Morgan fingerprint density at radius 2 is 2.28 bits per heavy atom. The molecule has 0 aromatic carbocycles. The number of ether oxygens (including phenoxy) is 1. The van der Waals surface area contributed by atoms with Gasteiger partial charge in [-0.2, -0.15) is 0 Å². The fourth-order valence-electron chi connectivity index (χ4n) is 2.50. The van der Waals surface area contributed by atoms with Gasteiger partial charge in [-0.05, 0) is 26.2 Å². The minimum Gasteiger partial charge on any atom is -0.393 e. The highest BCUT2D eigenvalue weighted by molar-refractivity contribution is 5.75. The predicted molar refractivity (Wildman–Crippen MR) is 68.3 cm³/mol. The van der Waals surface area contributed by atoms with Crippen LogP contribution in [0.4, 0.5) is 4.79 Å². The summed E-state index contributed by atoms with van der Waals surface area (Å²) in [5, 5.41) is 12.5. The van der Waals surface area contributed by atoms with Crippen molar-refractivity contribution < 1.29 is 14.6 Å². The highest BCUT2D eigenvalue weighted by Gasteiger charge is 2.29. The monoisotopic (exact) mass is 254 g/mol. The third-order valence-electron chi connectivity index (χ3n) is 3.44. The fraction of sp³-hybridized carbons (Fsp3) is 0.769. The molecule has 1 saturated heterocycles. The summed E-state index contributed by atoms with van der Waals surface area (Å²) in [6, 6.07) is 0.179. The first-order valence-corrected chi connectivity index (χ1v) is 6.64. The zero-order chi connectivity index (χ0) is 13.0. The Morgan fingerprint density at radius 1 is 1.56 bits per heavy atom. The van der Waals surface area contributed by atoms with E-state index in [1.165, 1.54) is 0 Å². The standard InChI is InChI=1S/C13H22N2O3/c1-10(16)8-12-9-18-7-6-15(12)13(17)14-11-4-2-3-5-11/h2-3,10-12,16H,4-9H2,1H3,(H,14,17)/t10-,12-/m1/s1. The fourth-order valence-corrected chi connectivity index (χ4v) is 2.50. The van der Waals surface area contributed by atoms with Gasteiger partial charge in [0.05, 0.1) is 25.4 Å². The van der Waals surface area contributed by atoms with Crippen LogP contribution in [-0.4, -0.2) is 54.0 Å². The van der Waals surface area contributed by atoms with Gasteiger partial charge in [-0.3, -0.25) is 0 Å². The van der Waals surface area contributed by atoms with Crippen molar-refractivity contribution in [2.45, 2.75) is 44.4 Å². The van der Waals surface area contributed by atoms with Crippen LogP contribution < -0.4 is 5.32 Å². The lowest BCUT2D eigenvalue weighted by Crippen LogP contribution is -2.54. The van der Waals surface area contributed by atoms with E-state index < -0.39 is 6.10 Å². The molecule has 0 unspecified atom stereocenters. The molecule has 1 aliphatic carbocycles. The number of aliphatic hydroxyl groups is 1. The maximum Gasteiger partial charge on any atom is 0.318 e. The van der Waals surface area contributed by atoms with Gasteiger partial charge in [0.2, 0.25) is 0 Å². The molecule has 2 atom stereocenters. The second-order valence-electron chi connectivity index (χ2n) is 5.10. The Labute approximate surface area is 108 Å². The van der Waals surface area contributed by atoms with Crippen LogP contribution in [0.5, 0.6) is 0 Å². The van der Waals surface area contributed by atoms with E-state index in [1.54, 1.807) is 11.8 Å². The Bertz CT molecular complexity index is 309. The van der Waals surface area contributed by atoms with Gasteiger partial charge in [0.25, 0.3) is 0 Å². The molecule has 1 heterocycles. The molecule has 102 valence electrons. The molecule has 0 aromatic rings. The van der Waals surface area contributed by atoms with Gasteiger partial charge in [0, 0.05) is 12.6 Å². The molecule has 5 nitrogen and oxygen atoms in total. The number of nitrogens with zero attached hydrogens (tertiary/aromatic N) is 1. The molecule has 2 aliphatic rings. The molecule has 2 rings (SSSR count). The average Bonchev–Trinajstić information content (AvgIpc) is 2.81. The van der Waals surface area contributed by atoms with Crippen molar-refractivity contribution in [2.24, 2.45) is 0 Å². The van der Waals surface area contributed by atoms with Gasteiger partial charge in [0.1, 0.15) is 0 Å². The predicted octanol–water partition coefficient (Wildman–Crippen LogP) is 0.886. The summed E-state index contributed by atoms with van der Waals surface area (Å²) in [6.07, 6.45) is 6.17. The first-order chi connectivity index (χ1) is 8.66. The molecule has 2 amide bonds. The number of amides is 2. The van der Waals surface area contributed by atoms with Gasteiger partial charge in [-0.25, -0.2) is 4.79 Å². The molecule has 0 bridgehead atoms. The molecule has 0 saturated carbocycles. The third kappa shape index (κ3) is 3.46. The molecular weight excluding hydrogens is 232 g/mol. The van der Waals surface area contributed by atoms with Gasteiger partial charge in [0.15, 0.2) is 0 Å². The number of carbonyl (C=O) groups excluding carboxylic acids is 1. The molecule has 1 fully saturated rings. The number of aliphatic hydroxyl groups excluding tert-OH is 1. The zero-order valence-corrected chi connectivity index (χ0v) is 10.8. The van der Waals surface area contributed by atoms with E-state index >= 15 is 0 Å². The summed E-state index contributed by atoms with van der Waals surface area (Å²) < 4.78 is 5.39. The molecule has 0 radical (unpaired) electrons. The van der Waals surface area contributed by atoms with Crippen LogP contribution >= 0.6 is 0 Å². The number of urea groups is 1. The first kappa shape index (κ1) is 13.4. The Hall–Kier alpha value is -1.07. The van der Waals surface area contributed by atoms with E-state index in [9.17, 15) is 9.90 Å². The van der Waals surface area contributed by atoms with E-state index in [0.717, 1.165) is 12.8 Å². The third-order valence-corrected chi connectivity index (χ3v) is 3.44. The van der Waals surface area contributed by atoms with Gasteiger partial charge in [-0.1, -0.05) is 12.2 Å². The Kier molecular flexibility index (Phi) is 4.60. The smallest absolute Gasteiger partial charge is 0.318 e. The van der Waals surface area contributed by atoms with Crippen LogP contribution in [0.15, 0.2) is 12.2 Å². The average molecular weight is 254 g/mol. The van der Waals surface area contributed by atoms with Crippen molar-refractivity contribution in [1.82, 2.24) is 10.2 Å². The minimum absolute atomic E-state index is 0.0203. The van der Waals surface area contributed by atoms with E-state index in [4.69, 9.17) is 4.74 Å². The second-order valence-corrected chi connectivity index (χ2v) is 5.10. The maximum atomic E-state index is 12.2. The maximum absolute atomic E-state index is 12.2. The highest BCUT2D eigenvalue weighted by atomic mass is 16.5. The summed E-state index contributed by atoms with van der Waals surface area (Å²) in [7, 11) is 0. The minimum atomic E-state index is -0.417. The second kappa shape index (κ2) is 6.20. The normalized spacial score (nSPS) is 26.3. The number of nitrogens with one attached hydrogen (secondary N) is 1. The SMILES string of the molecule is C[C@@H](O)C[C@@H]1COCCN1C(=O)NC1CC=CC1. The number of morpholine rings is 1. The Balaban J connectivity index is 1.88. The number of hydrogen-bond donors (Lipinski definition) is 2. The van der Waals surface area contributed by atoms with Crippen molar-refractivity contribution in [2.75, 3.05) is 19.8 Å². The summed E-state index contributed by atoms with van der Waals surface area (Å²) in [5.74, 6) is 0. The molecule has 18 heavy (non-hydrogen) atoms. The summed E-state index contributed by atoms with van der Waals surface area (Å²) in [5.41, 5.74) is 0. The van der Waals surface area contributed by atoms with Crippen LogP contribution in [-0.2, 0) is 4.74 Å². The Morgan fingerprint density at radius 3 is 2.94 bits per heavy atom. The van der Waals surface area contributed by atoms with Crippen molar-refractivity contribution >= 4 is 6.03 Å². The molecular formula is C13H22N2O3. The number of carbonyl (C=O) groups is 1. The van der Waals surface area contributed by atoms with Crippen molar-refractivity contribution in [3.05, 3.63) is 12.2 Å². The quantitative estimate of drug-likeness (QED) is 0.735. The van der Waals surface area contributed by atoms with Crippen LogP contribution in [0.3, 0.4) is 0 Å². The van der Waals surface area contributed by atoms with Gasteiger partial charge >= 0.3 is 6.03 Å². The highest BCUT2D eigenvalue weighted by Crippen LogP contribution is 2.15. The van der Waals surface area contributed by atoms with E-state index in [-0.39, 0.29) is 18.1 Å². The van der Waals surface area contributed by atoms with Crippen LogP contribution in [0, 0.1) is 0 Å². The number of hydrogen-bond acceptors (Lipinski definition) is 3. The van der Waals surface area contributed by atoms with Crippen molar-refractivity contribution in [3.8, 4) is 0 Å². The van der Waals surface area contributed by atoms with Crippen molar-refractivity contribution in [1.29, 1.82) is 0 Å². The lowest BCUT2D eigenvalue weighted by molar-refractivity contribution is -0.00475. The molecule has 5 heteroatoms. The summed E-state index contributed by atoms with van der Waals surface area (Å²) in [4.78, 5) is 14.0. The van der Waals surface area contributed by atoms with Gasteiger partial charge in [-0.15, -0.1) is 0 Å². The van der Waals surface area contributed by atoms with E-state index in [2.05, 4.69) is 17.5 Å². The topological polar surface area (TPSA) is 61.8 Å². The van der Waals surface area contributed by atoms with Crippen LogP contribution in [0.2, 0.25) is 0 Å². The largest absolute Gasteiger partial charge is 0.393 e. The number of rotatable bonds is 3. The van der Waals surface area contributed by atoms with Crippen LogP contribution in [0.1, 0.15) is 26.2 Å². The summed E-state index contributed by atoms with van der Waals surface area (Å²) >= 11 is 0. The first-order valence-electron chi connectivity index (χ1n) is 6.64. The van der Waals surface area contributed by atoms with E-state index in [1.807, 2.05) is 0 Å². The van der Waals surface area contributed by atoms with Crippen LogP contribution in [0.25, 0.3) is 0 Å². The van der Waals surface area contributed by atoms with Gasteiger partial charge < -0.3 is 20.1 Å².